The molecule has 0 aromatic rings. The molecule has 1 heterocycles. The maximum atomic E-state index is 5.78. The van der Waals surface area contributed by atoms with Crippen LogP contribution in [0.1, 0.15) is 32.1 Å². The van der Waals surface area contributed by atoms with E-state index in [1.807, 2.05) is 0 Å². The Morgan fingerprint density at radius 2 is 2.29 bits per heavy atom. The second kappa shape index (κ2) is 4.60. The lowest BCUT2D eigenvalue weighted by atomic mass is 9.99. The van der Waals surface area contributed by atoms with Crippen molar-refractivity contribution < 1.29 is 4.74 Å². The zero-order valence-electron chi connectivity index (χ0n) is 8.93. The predicted molar refractivity (Wildman–Crippen MR) is 57.2 cm³/mol. The Morgan fingerprint density at radius 3 is 2.86 bits per heavy atom. The molecule has 2 aliphatic rings. The molecule has 2 rings (SSSR count). The zero-order valence-corrected chi connectivity index (χ0v) is 8.93. The molecule has 1 atom stereocenters. The second-order valence-electron chi connectivity index (χ2n) is 4.80. The van der Waals surface area contributed by atoms with Crippen LogP contribution in [-0.2, 0) is 4.74 Å². The third-order valence-electron chi connectivity index (χ3n) is 3.48. The van der Waals surface area contributed by atoms with E-state index in [4.69, 9.17) is 10.5 Å². The predicted octanol–water partition coefficient (Wildman–Crippen LogP) is 0.884. The summed E-state index contributed by atoms with van der Waals surface area (Å²) in [7, 11) is 0. The van der Waals surface area contributed by atoms with Crippen molar-refractivity contribution in [1.82, 2.24) is 5.32 Å². The van der Waals surface area contributed by atoms with E-state index in [-0.39, 0.29) is 5.54 Å². The van der Waals surface area contributed by atoms with Gasteiger partial charge in [0.05, 0.1) is 12.1 Å². The summed E-state index contributed by atoms with van der Waals surface area (Å²) in [5, 5.41) is 3.58. The summed E-state index contributed by atoms with van der Waals surface area (Å²) in [4.78, 5) is 0. The third-order valence-corrected chi connectivity index (χ3v) is 3.48. The summed E-state index contributed by atoms with van der Waals surface area (Å²) in [6.07, 6.45) is 6.70. The molecule has 3 heteroatoms. The van der Waals surface area contributed by atoms with Crippen molar-refractivity contribution in [1.29, 1.82) is 0 Å². The minimum Gasteiger partial charge on any atom is -0.379 e. The molecular weight excluding hydrogens is 176 g/mol. The number of ether oxygens (including phenoxy) is 1. The van der Waals surface area contributed by atoms with Crippen LogP contribution in [-0.4, -0.2) is 31.8 Å². The van der Waals surface area contributed by atoms with Crippen molar-refractivity contribution in [3.63, 3.8) is 0 Å². The molecule has 1 saturated heterocycles. The number of nitrogens with two attached hydrogens (primary N) is 1. The van der Waals surface area contributed by atoms with Crippen LogP contribution in [0.5, 0.6) is 0 Å². The monoisotopic (exact) mass is 198 g/mol. The second-order valence-corrected chi connectivity index (χ2v) is 4.80. The average molecular weight is 198 g/mol. The van der Waals surface area contributed by atoms with Gasteiger partial charge in [-0.15, -0.1) is 0 Å². The van der Waals surface area contributed by atoms with Gasteiger partial charge in [0, 0.05) is 13.2 Å². The molecule has 3 nitrogen and oxygen atoms in total. The maximum absolute atomic E-state index is 5.78. The summed E-state index contributed by atoms with van der Waals surface area (Å²) < 4.78 is 5.40. The van der Waals surface area contributed by atoms with E-state index in [9.17, 15) is 0 Å². The van der Waals surface area contributed by atoms with Crippen molar-refractivity contribution in [2.75, 3.05) is 26.3 Å². The topological polar surface area (TPSA) is 47.3 Å². The molecule has 0 spiro atoms. The van der Waals surface area contributed by atoms with Crippen LogP contribution < -0.4 is 11.1 Å². The quantitative estimate of drug-likeness (QED) is 0.623. The first-order chi connectivity index (χ1) is 6.85. The van der Waals surface area contributed by atoms with Crippen molar-refractivity contribution in [3.05, 3.63) is 0 Å². The lowest BCUT2D eigenvalue weighted by molar-refractivity contribution is 0.168. The SMILES string of the molecule is NCC1(NCCCC2CC2)CCOC1. The summed E-state index contributed by atoms with van der Waals surface area (Å²) in [5.74, 6) is 1.05. The van der Waals surface area contributed by atoms with Gasteiger partial charge in [-0.25, -0.2) is 0 Å². The average Bonchev–Trinajstić information content (AvgIpc) is 2.92. The summed E-state index contributed by atoms with van der Waals surface area (Å²) in [6.45, 7) is 3.48. The summed E-state index contributed by atoms with van der Waals surface area (Å²) in [5.41, 5.74) is 5.88. The molecule has 0 bridgehead atoms. The first-order valence-corrected chi connectivity index (χ1v) is 5.87. The van der Waals surface area contributed by atoms with Crippen LogP contribution in [0.3, 0.4) is 0 Å². The number of hydrogen-bond donors (Lipinski definition) is 2. The molecule has 1 unspecified atom stereocenters. The van der Waals surface area contributed by atoms with Gasteiger partial charge in [-0.2, -0.15) is 0 Å². The van der Waals surface area contributed by atoms with E-state index in [0.29, 0.717) is 6.54 Å². The molecule has 0 aromatic heterocycles. The molecule has 2 fully saturated rings. The minimum absolute atomic E-state index is 0.101. The largest absolute Gasteiger partial charge is 0.379 e. The third kappa shape index (κ3) is 2.69. The van der Waals surface area contributed by atoms with Crippen LogP contribution in [0.4, 0.5) is 0 Å². The molecule has 0 aromatic carbocycles. The maximum Gasteiger partial charge on any atom is 0.0661 e. The zero-order chi connectivity index (χ0) is 9.86. The van der Waals surface area contributed by atoms with Crippen LogP contribution in [0.15, 0.2) is 0 Å². The molecule has 1 aliphatic carbocycles. The number of nitrogens with one attached hydrogen (secondary N) is 1. The van der Waals surface area contributed by atoms with E-state index >= 15 is 0 Å². The van der Waals surface area contributed by atoms with Gasteiger partial charge in [0.25, 0.3) is 0 Å². The van der Waals surface area contributed by atoms with Crippen molar-refractivity contribution in [2.45, 2.75) is 37.6 Å². The van der Waals surface area contributed by atoms with Gasteiger partial charge < -0.3 is 15.8 Å². The highest BCUT2D eigenvalue weighted by Crippen LogP contribution is 2.33. The molecule has 3 N–H and O–H groups in total. The molecular formula is C11H22N2O. The summed E-state index contributed by atoms with van der Waals surface area (Å²) >= 11 is 0. The van der Waals surface area contributed by atoms with Crippen LogP contribution in [0.2, 0.25) is 0 Å². The smallest absolute Gasteiger partial charge is 0.0661 e. The minimum atomic E-state index is 0.101. The van der Waals surface area contributed by atoms with Gasteiger partial charge in [-0.05, 0) is 31.7 Å². The molecule has 0 radical (unpaired) electrons. The fourth-order valence-electron chi connectivity index (χ4n) is 2.13. The molecule has 82 valence electrons. The Morgan fingerprint density at radius 1 is 1.43 bits per heavy atom. The van der Waals surface area contributed by atoms with Gasteiger partial charge in [-0.3, -0.25) is 0 Å². The Labute approximate surface area is 86.4 Å². The highest BCUT2D eigenvalue weighted by molar-refractivity contribution is 4.92. The molecule has 14 heavy (non-hydrogen) atoms. The van der Waals surface area contributed by atoms with Gasteiger partial charge in [0.15, 0.2) is 0 Å². The van der Waals surface area contributed by atoms with E-state index in [2.05, 4.69) is 5.32 Å². The van der Waals surface area contributed by atoms with E-state index in [0.717, 1.165) is 32.1 Å². The molecule has 1 saturated carbocycles. The Bertz CT molecular complexity index is 174. The van der Waals surface area contributed by atoms with Crippen molar-refractivity contribution >= 4 is 0 Å². The number of rotatable bonds is 6. The first kappa shape index (κ1) is 10.4. The van der Waals surface area contributed by atoms with Crippen molar-refractivity contribution in [2.24, 2.45) is 11.7 Å². The highest BCUT2D eigenvalue weighted by Gasteiger charge is 2.32. The van der Waals surface area contributed by atoms with Gasteiger partial charge in [0.2, 0.25) is 0 Å². The highest BCUT2D eigenvalue weighted by atomic mass is 16.5. The fraction of sp³-hybridized carbons (Fsp3) is 1.00. The van der Waals surface area contributed by atoms with Crippen LogP contribution in [0, 0.1) is 5.92 Å². The van der Waals surface area contributed by atoms with Crippen LogP contribution >= 0.6 is 0 Å². The Hall–Kier alpha value is -0.120. The fourth-order valence-corrected chi connectivity index (χ4v) is 2.13. The normalized spacial score (nSPS) is 32.4. The van der Waals surface area contributed by atoms with E-state index in [1.165, 1.54) is 25.7 Å². The first-order valence-electron chi connectivity index (χ1n) is 5.87. The number of hydrogen-bond acceptors (Lipinski definition) is 3. The Balaban J connectivity index is 1.61. The lowest BCUT2D eigenvalue weighted by Crippen LogP contribution is -2.52. The molecule has 0 amide bonds. The van der Waals surface area contributed by atoms with E-state index < -0.39 is 0 Å². The Kier molecular flexibility index (Phi) is 3.42. The summed E-state index contributed by atoms with van der Waals surface area (Å²) in [6, 6.07) is 0. The standard InChI is InChI=1S/C11H22N2O/c12-8-11(5-7-14-9-11)13-6-1-2-10-3-4-10/h10,13H,1-9,12H2. The lowest BCUT2D eigenvalue weighted by Gasteiger charge is -2.27. The van der Waals surface area contributed by atoms with Crippen LogP contribution in [0.25, 0.3) is 0 Å². The molecule has 1 aliphatic heterocycles. The van der Waals surface area contributed by atoms with Crippen molar-refractivity contribution in [3.8, 4) is 0 Å². The van der Waals surface area contributed by atoms with E-state index in [1.54, 1.807) is 0 Å². The van der Waals surface area contributed by atoms with Gasteiger partial charge in [-0.1, -0.05) is 12.8 Å². The van der Waals surface area contributed by atoms with Gasteiger partial charge in [0.1, 0.15) is 0 Å². The van der Waals surface area contributed by atoms with Gasteiger partial charge >= 0.3 is 0 Å².